The molecule has 0 radical (unpaired) electrons. The van der Waals surface area contributed by atoms with Gasteiger partial charge in [0, 0.05) is 25.6 Å². The number of imidazole rings is 1. The van der Waals surface area contributed by atoms with E-state index in [0.29, 0.717) is 6.04 Å². The summed E-state index contributed by atoms with van der Waals surface area (Å²) < 4.78 is 2.40. The molecule has 0 unspecified atom stereocenters. The summed E-state index contributed by atoms with van der Waals surface area (Å²) >= 11 is 0. The van der Waals surface area contributed by atoms with E-state index in [1.807, 2.05) is 0 Å². The van der Waals surface area contributed by atoms with E-state index in [0.717, 1.165) is 25.0 Å². The van der Waals surface area contributed by atoms with Crippen LogP contribution in [0.5, 0.6) is 0 Å². The van der Waals surface area contributed by atoms with Gasteiger partial charge in [0.2, 0.25) is 0 Å². The van der Waals surface area contributed by atoms with E-state index in [1.54, 1.807) is 0 Å². The van der Waals surface area contributed by atoms with Gasteiger partial charge in [-0.05, 0) is 31.0 Å². The number of fused-ring (bicyclic) bond motifs is 1. The Bertz CT molecular complexity index is 555. The van der Waals surface area contributed by atoms with Gasteiger partial charge in [-0.2, -0.15) is 0 Å². The molecule has 0 aliphatic carbocycles. The normalized spacial score (nSPS) is 11.7. The van der Waals surface area contributed by atoms with Crippen LogP contribution >= 0.6 is 0 Å². The molecule has 0 bridgehead atoms. The summed E-state index contributed by atoms with van der Waals surface area (Å²) in [6.07, 6.45) is 3.43. The Balaban J connectivity index is 2.25. The lowest BCUT2D eigenvalue weighted by molar-refractivity contribution is 0.561. The first-order valence-electron chi connectivity index (χ1n) is 7.81. The molecule has 1 N–H and O–H groups in total. The largest absolute Gasteiger partial charge is 0.328 e. The molecule has 0 atom stereocenters. The van der Waals surface area contributed by atoms with Crippen LogP contribution in [0.15, 0.2) is 18.2 Å². The highest BCUT2D eigenvalue weighted by Gasteiger charge is 2.10. The van der Waals surface area contributed by atoms with Crippen LogP contribution in [0.2, 0.25) is 0 Å². The zero-order valence-corrected chi connectivity index (χ0v) is 13.2. The number of aromatic nitrogens is 2. The van der Waals surface area contributed by atoms with Gasteiger partial charge in [0.05, 0.1) is 11.0 Å². The molecule has 0 saturated heterocycles. The van der Waals surface area contributed by atoms with Crippen molar-refractivity contribution in [3.8, 4) is 0 Å². The average molecular weight is 273 g/mol. The SMILES string of the molecule is CCCCn1c(CCNC(C)C)nc2cc(C)ccc21. The molecular formula is C17H27N3. The van der Waals surface area contributed by atoms with Crippen LogP contribution in [0.4, 0.5) is 0 Å². The number of nitrogens with zero attached hydrogens (tertiary/aromatic N) is 2. The predicted octanol–water partition coefficient (Wildman–Crippen LogP) is 3.69. The Morgan fingerprint density at radius 1 is 1.30 bits per heavy atom. The zero-order valence-electron chi connectivity index (χ0n) is 13.2. The van der Waals surface area contributed by atoms with Gasteiger partial charge >= 0.3 is 0 Å². The summed E-state index contributed by atoms with van der Waals surface area (Å²) in [5.41, 5.74) is 3.70. The molecule has 20 heavy (non-hydrogen) atoms. The number of hydrogen-bond donors (Lipinski definition) is 1. The van der Waals surface area contributed by atoms with Gasteiger partial charge in [0.1, 0.15) is 5.82 Å². The Labute approximate surface area is 122 Å². The lowest BCUT2D eigenvalue weighted by atomic mass is 10.2. The first-order valence-corrected chi connectivity index (χ1v) is 7.81. The molecule has 0 aliphatic rings. The van der Waals surface area contributed by atoms with Crippen LogP contribution in [-0.4, -0.2) is 22.1 Å². The molecule has 0 saturated carbocycles. The maximum atomic E-state index is 4.85. The van der Waals surface area contributed by atoms with Gasteiger partial charge < -0.3 is 9.88 Å². The molecule has 1 aromatic heterocycles. The fraction of sp³-hybridized carbons (Fsp3) is 0.588. The van der Waals surface area contributed by atoms with Crippen molar-refractivity contribution in [2.24, 2.45) is 0 Å². The average Bonchev–Trinajstić information content (AvgIpc) is 2.72. The topological polar surface area (TPSA) is 29.9 Å². The Morgan fingerprint density at radius 3 is 2.80 bits per heavy atom. The van der Waals surface area contributed by atoms with Crippen LogP contribution < -0.4 is 5.32 Å². The third kappa shape index (κ3) is 3.60. The van der Waals surface area contributed by atoms with Gasteiger partial charge in [0.25, 0.3) is 0 Å². The highest BCUT2D eigenvalue weighted by molar-refractivity contribution is 5.76. The third-order valence-electron chi connectivity index (χ3n) is 3.62. The number of aryl methyl sites for hydroxylation is 2. The molecular weight excluding hydrogens is 246 g/mol. The second-order valence-electron chi connectivity index (χ2n) is 5.88. The number of unbranched alkanes of at least 4 members (excludes halogenated alkanes) is 1. The van der Waals surface area contributed by atoms with Crippen LogP contribution in [0, 0.1) is 6.92 Å². The first-order chi connectivity index (χ1) is 9.61. The summed E-state index contributed by atoms with van der Waals surface area (Å²) in [5, 5.41) is 3.48. The van der Waals surface area contributed by atoms with Crippen molar-refractivity contribution in [2.75, 3.05) is 6.54 Å². The van der Waals surface area contributed by atoms with Crippen molar-refractivity contribution < 1.29 is 0 Å². The van der Waals surface area contributed by atoms with Gasteiger partial charge in [-0.25, -0.2) is 4.98 Å². The monoisotopic (exact) mass is 273 g/mol. The van der Waals surface area contributed by atoms with Gasteiger partial charge in [-0.15, -0.1) is 0 Å². The zero-order chi connectivity index (χ0) is 14.5. The lowest BCUT2D eigenvalue weighted by Gasteiger charge is -2.10. The Morgan fingerprint density at radius 2 is 2.10 bits per heavy atom. The molecule has 110 valence electrons. The Hall–Kier alpha value is -1.35. The summed E-state index contributed by atoms with van der Waals surface area (Å²) in [6, 6.07) is 7.12. The minimum Gasteiger partial charge on any atom is -0.328 e. The van der Waals surface area contributed by atoms with E-state index in [2.05, 4.69) is 55.8 Å². The smallest absolute Gasteiger partial charge is 0.111 e. The number of hydrogen-bond acceptors (Lipinski definition) is 2. The quantitative estimate of drug-likeness (QED) is 0.834. The molecule has 0 fully saturated rings. The van der Waals surface area contributed by atoms with E-state index < -0.39 is 0 Å². The van der Waals surface area contributed by atoms with E-state index in [9.17, 15) is 0 Å². The number of nitrogens with one attached hydrogen (secondary N) is 1. The minimum atomic E-state index is 0.533. The molecule has 0 amide bonds. The minimum absolute atomic E-state index is 0.533. The molecule has 3 heteroatoms. The summed E-state index contributed by atoms with van der Waals surface area (Å²) in [4.78, 5) is 4.85. The van der Waals surface area contributed by atoms with Crippen molar-refractivity contribution in [3.63, 3.8) is 0 Å². The van der Waals surface area contributed by atoms with Gasteiger partial charge in [0.15, 0.2) is 0 Å². The first kappa shape index (κ1) is 15.0. The van der Waals surface area contributed by atoms with E-state index in [-0.39, 0.29) is 0 Å². The molecule has 1 heterocycles. The van der Waals surface area contributed by atoms with E-state index in [1.165, 1.54) is 29.7 Å². The number of rotatable bonds is 7. The summed E-state index contributed by atoms with van der Waals surface area (Å²) in [7, 11) is 0. The lowest BCUT2D eigenvalue weighted by Crippen LogP contribution is -2.25. The number of benzene rings is 1. The van der Waals surface area contributed by atoms with Crippen LogP contribution in [0.25, 0.3) is 11.0 Å². The van der Waals surface area contributed by atoms with Gasteiger partial charge in [-0.3, -0.25) is 0 Å². The molecule has 0 spiro atoms. The fourth-order valence-electron chi connectivity index (χ4n) is 2.52. The molecule has 3 nitrogen and oxygen atoms in total. The van der Waals surface area contributed by atoms with Crippen molar-refractivity contribution in [1.29, 1.82) is 0 Å². The second kappa shape index (κ2) is 6.89. The standard InChI is InChI=1S/C17H27N3/c1-5-6-11-20-16-8-7-14(4)12-15(16)19-17(20)9-10-18-13(2)3/h7-8,12-13,18H,5-6,9-11H2,1-4H3. The van der Waals surface area contributed by atoms with Crippen LogP contribution in [0.3, 0.4) is 0 Å². The van der Waals surface area contributed by atoms with E-state index >= 15 is 0 Å². The molecule has 1 aromatic carbocycles. The van der Waals surface area contributed by atoms with Crippen molar-refractivity contribution >= 4 is 11.0 Å². The summed E-state index contributed by atoms with van der Waals surface area (Å²) in [6.45, 7) is 10.8. The molecule has 0 aliphatic heterocycles. The second-order valence-corrected chi connectivity index (χ2v) is 5.88. The van der Waals surface area contributed by atoms with E-state index in [4.69, 9.17) is 4.98 Å². The van der Waals surface area contributed by atoms with Crippen molar-refractivity contribution in [2.45, 2.75) is 59.5 Å². The van der Waals surface area contributed by atoms with Crippen LogP contribution in [0.1, 0.15) is 45.0 Å². The highest BCUT2D eigenvalue weighted by atomic mass is 15.1. The maximum Gasteiger partial charge on any atom is 0.111 e. The highest BCUT2D eigenvalue weighted by Crippen LogP contribution is 2.19. The third-order valence-corrected chi connectivity index (χ3v) is 3.62. The predicted molar refractivity (Wildman–Crippen MR) is 86.2 cm³/mol. The van der Waals surface area contributed by atoms with Gasteiger partial charge in [-0.1, -0.05) is 33.3 Å². The fourth-order valence-corrected chi connectivity index (χ4v) is 2.52. The maximum absolute atomic E-state index is 4.85. The molecule has 2 rings (SSSR count). The van der Waals surface area contributed by atoms with Crippen molar-refractivity contribution in [3.05, 3.63) is 29.6 Å². The molecule has 2 aromatic rings. The van der Waals surface area contributed by atoms with Crippen molar-refractivity contribution in [1.82, 2.24) is 14.9 Å². The Kier molecular flexibility index (Phi) is 5.18. The summed E-state index contributed by atoms with van der Waals surface area (Å²) in [5.74, 6) is 1.22. The van der Waals surface area contributed by atoms with Crippen LogP contribution in [-0.2, 0) is 13.0 Å².